The SMILES string of the molecule is C=C[C@H]1[C@H](O[C@H]2O[C@@H](COC(C)=O)[C@H](OC(C)=O)[C@@H](OC(C)=O)[C@@H]2OC(C)=O)OC=C2C(=O)OCC[C@]21O. The van der Waals surface area contributed by atoms with Crippen molar-refractivity contribution in [1.82, 2.24) is 0 Å². The van der Waals surface area contributed by atoms with E-state index in [0.717, 1.165) is 34.0 Å². The zero-order valence-corrected chi connectivity index (χ0v) is 21.3. The highest BCUT2D eigenvalue weighted by Crippen LogP contribution is 2.42. The molecule has 0 unspecified atom stereocenters. The Bertz CT molecular complexity index is 1000. The lowest BCUT2D eigenvalue weighted by Crippen LogP contribution is -2.64. The third-order valence-corrected chi connectivity index (χ3v) is 6.04. The smallest absolute Gasteiger partial charge is 0.340 e. The second-order valence-corrected chi connectivity index (χ2v) is 8.81. The van der Waals surface area contributed by atoms with Gasteiger partial charge in [-0.25, -0.2) is 4.79 Å². The first-order valence-electron chi connectivity index (χ1n) is 11.7. The van der Waals surface area contributed by atoms with Crippen LogP contribution in [-0.4, -0.2) is 90.8 Å². The fourth-order valence-corrected chi connectivity index (χ4v) is 4.48. The number of ether oxygens (including phenoxy) is 8. The molecule has 1 N–H and O–H groups in total. The zero-order valence-electron chi connectivity index (χ0n) is 21.3. The highest BCUT2D eigenvalue weighted by molar-refractivity contribution is 5.91. The van der Waals surface area contributed by atoms with Crippen LogP contribution in [0.15, 0.2) is 24.5 Å². The van der Waals surface area contributed by atoms with E-state index < -0.39 is 85.0 Å². The molecule has 3 heterocycles. The lowest BCUT2D eigenvalue weighted by Gasteiger charge is -2.47. The molecular formula is C24H30O14. The summed E-state index contributed by atoms with van der Waals surface area (Å²) in [5.74, 6) is -4.87. The van der Waals surface area contributed by atoms with Gasteiger partial charge in [-0.1, -0.05) is 6.08 Å². The van der Waals surface area contributed by atoms with Crippen molar-refractivity contribution in [2.24, 2.45) is 5.92 Å². The number of cyclic esters (lactones) is 1. The summed E-state index contributed by atoms with van der Waals surface area (Å²) in [6.45, 7) is 7.61. The van der Waals surface area contributed by atoms with Gasteiger partial charge in [-0.05, 0) is 0 Å². The van der Waals surface area contributed by atoms with Gasteiger partial charge in [0.25, 0.3) is 0 Å². The van der Waals surface area contributed by atoms with E-state index in [1.807, 2.05) is 0 Å². The average molecular weight is 542 g/mol. The van der Waals surface area contributed by atoms with Gasteiger partial charge < -0.3 is 43.0 Å². The first kappa shape index (κ1) is 29.1. The topological polar surface area (TPSA) is 179 Å². The summed E-state index contributed by atoms with van der Waals surface area (Å²) in [6.07, 6.45) is -6.13. The Hall–Kier alpha value is -3.49. The van der Waals surface area contributed by atoms with E-state index >= 15 is 0 Å². The Morgan fingerprint density at radius 1 is 1.00 bits per heavy atom. The molecule has 0 aromatic carbocycles. The van der Waals surface area contributed by atoms with Crippen LogP contribution in [0.1, 0.15) is 34.1 Å². The number of fused-ring (bicyclic) bond motifs is 1. The molecule has 210 valence electrons. The lowest BCUT2D eigenvalue weighted by molar-refractivity contribution is -0.346. The molecule has 14 heteroatoms. The van der Waals surface area contributed by atoms with Crippen LogP contribution in [0.4, 0.5) is 0 Å². The van der Waals surface area contributed by atoms with Crippen LogP contribution in [-0.2, 0) is 61.9 Å². The average Bonchev–Trinajstić information content (AvgIpc) is 2.80. The van der Waals surface area contributed by atoms with E-state index in [1.54, 1.807) is 0 Å². The summed E-state index contributed by atoms with van der Waals surface area (Å²) >= 11 is 0. The number of aliphatic hydroxyl groups is 1. The van der Waals surface area contributed by atoms with Crippen molar-refractivity contribution in [3.05, 3.63) is 24.5 Å². The Morgan fingerprint density at radius 3 is 2.18 bits per heavy atom. The molecule has 2 fully saturated rings. The number of esters is 5. The molecule has 0 saturated carbocycles. The third-order valence-electron chi connectivity index (χ3n) is 6.04. The molecule has 2 saturated heterocycles. The van der Waals surface area contributed by atoms with Crippen molar-refractivity contribution in [2.75, 3.05) is 13.2 Å². The maximum atomic E-state index is 12.2. The van der Waals surface area contributed by atoms with Crippen LogP contribution in [0.5, 0.6) is 0 Å². The highest BCUT2D eigenvalue weighted by atomic mass is 16.8. The first-order chi connectivity index (χ1) is 17.9. The standard InChI is InChI=1S/C24H30O14/c1-6-15-22(33-9-16-21(29)31-8-7-24(15,16)30)38-23-20(36-14(5)28)19(35-13(4)27)18(34-12(3)26)17(37-23)10-32-11(2)25/h6,9,15,17-20,22-23,30H,1,7-8,10H2,2-5H3/t15-,17-,18-,19+,20-,22-,23+,24+/m0/s1. The molecule has 8 atom stereocenters. The van der Waals surface area contributed by atoms with E-state index in [1.165, 1.54) is 6.08 Å². The van der Waals surface area contributed by atoms with Crippen molar-refractivity contribution in [1.29, 1.82) is 0 Å². The van der Waals surface area contributed by atoms with Crippen molar-refractivity contribution in [3.8, 4) is 0 Å². The summed E-state index contributed by atoms with van der Waals surface area (Å²) in [5, 5.41) is 11.3. The molecule has 0 aliphatic carbocycles. The molecule has 3 aliphatic heterocycles. The summed E-state index contributed by atoms with van der Waals surface area (Å²) in [4.78, 5) is 59.5. The predicted molar refractivity (Wildman–Crippen MR) is 120 cm³/mol. The molecule has 0 aromatic heterocycles. The fraction of sp³-hybridized carbons (Fsp3) is 0.625. The molecule has 3 aliphatic rings. The Morgan fingerprint density at radius 2 is 1.61 bits per heavy atom. The van der Waals surface area contributed by atoms with E-state index in [4.69, 9.17) is 37.9 Å². The normalized spacial score (nSPS) is 34.3. The van der Waals surface area contributed by atoms with Crippen molar-refractivity contribution in [2.45, 2.75) is 76.7 Å². The van der Waals surface area contributed by atoms with Crippen LogP contribution >= 0.6 is 0 Å². The molecular weight excluding hydrogens is 512 g/mol. The summed E-state index contributed by atoms with van der Waals surface area (Å²) in [5.41, 5.74) is -1.88. The van der Waals surface area contributed by atoms with E-state index in [9.17, 15) is 29.1 Å². The second kappa shape index (κ2) is 11.9. The molecule has 14 nitrogen and oxygen atoms in total. The van der Waals surface area contributed by atoms with Crippen LogP contribution in [0.2, 0.25) is 0 Å². The lowest BCUT2D eigenvalue weighted by atomic mass is 9.76. The van der Waals surface area contributed by atoms with Crippen molar-refractivity contribution < 1.29 is 67.0 Å². The fourth-order valence-electron chi connectivity index (χ4n) is 4.48. The van der Waals surface area contributed by atoms with Crippen LogP contribution in [0.25, 0.3) is 0 Å². The number of rotatable bonds is 8. The minimum Gasteiger partial charge on any atom is -0.471 e. The monoisotopic (exact) mass is 542 g/mol. The van der Waals surface area contributed by atoms with Gasteiger partial charge >= 0.3 is 29.8 Å². The van der Waals surface area contributed by atoms with Gasteiger partial charge in [-0.15, -0.1) is 6.58 Å². The molecule has 0 spiro atoms. The van der Waals surface area contributed by atoms with Gasteiger partial charge in [0.1, 0.15) is 23.9 Å². The van der Waals surface area contributed by atoms with E-state index in [2.05, 4.69) is 6.58 Å². The van der Waals surface area contributed by atoms with Crippen molar-refractivity contribution >= 4 is 29.8 Å². The molecule has 38 heavy (non-hydrogen) atoms. The van der Waals surface area contributed by atoms with Crippen LogP contribution in [0, 0.1) is 5.92 Å². The number of carbonyl (C=O) groups excluding carboxylic acids is 5. The quantitative estimate of drug-likeness (QED) is 0.242. The first-order valence-corrected chi connectivity index (χ1v) is 11.7. The minimum absolute atomic E-state index is 0.0169. The maximum absolute atomic E-state index is 12.2. The van der Waals surface area contributed by atoms with Crippen LogP contribution < -0.4 is 0 Å². The number of hydrogen-bond acceptors (Lipinski definition) is 14. The van der Waals surface area contributed by atoms with Crippen LogP contribution in [0.3, 0.4) is 0 Å². The Kier molecular flexibility index (Phi) is 9.12. The molecule has 3 rings (SSSR count). The van der Waals surface area contributed by atoms with Gasteiger partial charge in [-0.2, -0.15) is 0 Å². The highest BCUT2D eigenvalue weighted by Gasteiger charge is 2.57. The second-order valence-electron chi connectivity index (χ2n) is 8.81. The van der Waals surface area contributed by atoms with Gasteiger partial charge in [0.15, 0.2) is 18.3 Å². The van der Waals surface area contributed by atoms with Gasteiger partial charge in [0.05, 0.1) is 18.8 Å². The zero-order chi connectivity index (χ0) is 28.2. The number of hydrogen-bond donors (Lipinski definition) is 1. The largest absolute Gasteiger partial charge is 0.471 e. The molecule has 0 radical (unpaired) electrons. The van der Waals surface area contributed by atoms with Gasteiger partial charge in [0, 0.05) is 34.1 Å². The predicted octanol–water partition coefficient (Wildman–Crippen LogP) is -0.193. The molecule has 0 bridgehead atoms. The van der Waals surface area contributed by atoms with E-state index in [-0.39, 0.29) is 18.6 Å². The van der Waals surface area contributed by atoms with E-state index in [0.29, 0.717) is 0 Å². The number of carbonyl (C=O) groups is 5. The summed E-state index contributed by atoms with van der Waals surface area (Å²) in [7, 11) is 0. The molecule has 0 amide bonds. The Balaban J connectivity index is 1.99. The Labute approximate surface area is 217 Å². The van der Waals surface area contributed by atoms with Gasteiger partial charge in [0.2, 0.25) is 12.6 Å². The molecule has 0 aromatic rings. The maximum Gasteiger partial charge on any atom is 0.340 e. The summed E-state index contributed by atoms with van der Waals surface area (Å²) in [6, 6.07) is 0. The van der Waals surface area contributed by atoms with Gasteiger partial charge in [-0.3, -0.25) is 19.2 Å². The minimum atomic E-state index is -1.75. The summed E-state index contributed by atoms with van der Waals surface area (Å²) < 4.78 is 43.5. The third kappa shape index (κ3) is 6.31. The van der Waals surface area contributed by atoms with Crippen molar-refractivity contribution in [3.63, 3.8) is 0 Å².